The van der Waals surface area contributed by atoms with Crippen LogP contribution in [-0.2, 0) is 16.3 Å². The molecule has 0 bridgehead atoms. The monoisotopic (exact) mass is 355 g/mol. The number of hydrogen-bond donors (Lipinski definition) is 1. The number of nitrogens with zero attached hydrogens (tertiary/aromatic N) is 2. The summed E-state index contributed by atoms with van der Waals surface area (Å²) in [5.41, 5.74) is 0. The molecule has 1 fully saturated rings. The fourth-order valence-electron chi connectivity index (χ4n) is 2.61. The molecule has 0 spiro atoms. The van der Waals surface area contributed by atoms with Crippen LogP contribution in [0.1, 0.15) is 39.9 Å². The lowest BCUT2D eigenvalue weighted by Crippen LogP contribution is -2.58. The van der Waals surface area contributed by atoms with Crippen LogP contribution in [0.5, 0.6) is 0 Å². The smallest absolute Gasteiger partial charge is 0.194 e. The van der Waals surface area contributed by atoms with Gasteiger partial charge in [0, 0.05) is 32.1 Å². The SMILES string of the molecule is CCC(C)NC(=NCCc1ccco1)N1CCS(=O)(=O)C(C)(C)C1. The maximum Gasteiger partial charge on any atom is 0.194 e. The minimum absolute atomic E-state index is 0.166. The van der Waals surface area contributed by atoms with Crippen LogP contribution in [0.4, 0.5) is 0 Å². The van der Waals surface area contributed by atoms with E-state index in [-0.39, 0.29) is 11.8 Å². The van der Waals surface area contributed by atoms with Crippen molar-refractivity contribution in [3.8, 4) is 0 Å². The minimum atomic E-state index is -3.06. The maximum atomic E-state index is 12.2. The zero-order valence-electron chi connectivity index (χ0n) is 15.1. The topological polar surface area (TPSA) is 74.9 Å². The largest absolute Gasteiger partial charge is 0.469 e. The Kier molecular flexibility index (Phi) is 5.96. The standard InChI is InChI=1S/C17H29N3O3S/c1-5-14(2)19-16(18-9-8-15-7-6-11-23-15)20-10-12-24(21,22)17(3,4)13-20/h6-7,11,14H,5,8-10,12-13H2,1-4H3,(H,18,19). The third-order valence-electron chi connectivity index (χ3n) is 4.53. The Balaban J connectivity index is 2.10. The summed E-state index contributed by atoms with van der Waals surface area (Å²) in [5, 5.41) is 3.43. The van der Waals surface area contributed by atoms with E-state index in [0.717, 1.165) is 24.6 Å². The van der Waals surface area contributed by atoms with Crippen molar-refractivity contribution in [2.45, 2.75) is 51.3 Å². The average molecular weight is 356 g/mol. The molecule has 0 aromatic carbocycles. The third kappa shape index (κ3) is 4.53. The van der Waals surface area contributed by atoms with Gasteiger partial charge in [0.1, 0.15) is 5.76 Å². The number of aliphatic imine (C=N–C) groups is 1. The molecular formula is C17H29N3O3S. The molecule has 0 saturated carbocycles. The van der Waals surface area contributed by atoms with Crippen LogP contribution >= 0.6 is 0 Å². The molecule has 0 radical (unpaired) electrons. The molecule has 1 aromatic rings. The van der Waals surface area contributed by atoms with E-state index in [2.05, 4.69) is 24.1 Å². The normalized spacial score (nSPS) is 21.5. The van der Waals surface area contributed by atoms with Gasteiger partial charge in [-0.15, -0.1) is 0 Å². The molecule has 1 aliphatic heterocycles. The molecule has 1 atom stereocenters. The van der Waals surface area contributed by atoms with Crippen molar-refractivity contribution in [2.24, 2.45) is 4.99 Å². The summed E-state index contributed by atoms with van der Waals surface area (Å²) in [6, 6.07) is 4.09. The minimum Gasteiger partial charge on any atom is -0.469 e. The lowest BCUT2D eigenvalue weighted by Gasteiger charge is -2.39. The number of guanidine groups is 1. The van der Waals surface area contributed by atoms with E-state index in [1.807, 2.05) is 12.1 Å². The van der Waals surface area contributed by atoms with Gasteiger partial charge < -0.3 is 14.6 Å². The van der Waals surface area contributed by atoms with Gasteiger partial charge in [0.2, 0.25) is 0 Å². The van der Waals surface area contributed by atoms with Gasteiger partial charge in [-0.2, -0.15) is 0 Å². The molecule has 1 saturated heterocycles. The first-order valence-corrected chi connectivity index (χ1v) is 10.2. The van der Waals surface area contributed by atoms with E-state index in [4.69, 9.17) is 9.41 Å². The first-order chi connectivity index (χ1) is 11.2. The molecule has 1 aromatic heterocycles. The van der Waals surface area contributed by atoms with Crippen LogP contribution in [0.2, 0.25) is 0 Å². The predicted molar refractivity (Wildman–Crippen MR) is 97.0 cm³/mol. The van der Waals surface area contributed by atoms with Crippen molar-refractivity contribution < 1.29 is 12.8 Å². The van der Waals surface area contributed by atoms with E-state index in [1.54, 1.807) is 20.1 Å². The van der Waals surface area contributed by atoms with Gasteiger partial charge in [-0.3, -0.25) is 4.99 Å². The predicted octanol–water partition coefficient (Wildman–Crippen LogP) is 2.08. The second kappa shape index (κ2) is 7.59. The van der Waals surface area contributed by atoms with Crippen LogP contribution in [0.15, 0.2) is 27.8 Å². The molecule has 136 valence electrons. The highest BCUT2D eigenvalue weighted by atomic mass is 32.2. The Hall–Kier alpha value is -1.50. The summed E-state index contributed by atoms with van der Waals surface area (Å²) in [4.78, 5) is 6.76. The fraction of sp³-hybridized carbons (Fsp3) is 0.706. The Morgan fingerprint density at radius 1 is 1.50 bits per heavy atom. The van der Waals surface area contributed by atoms with E-state index >= 15 is 0 Å². The van der Waals surface area contributed by atoms with Crippen LogP contribution in [0, 0.1) is 0 Å². The molecule has 1 aliphatic rings. The Labute approximate surface area is 145 Å². The lowest BCUT2D eigenvalue weighted by atomic mass is 10.2. The number of rotatable bonds is 5. The molecule has 6 nitrogen and oxygen atoms in total. The van der Waals surface area contributed by atoms with Crippen molar-refractivity contribution in [1.29, 1.82) is 0 Å². The lowest BCUT2D eigenvalue weighted by molar-refractivity contribution is 0.348. The molecular weight excluding hydrogens is 326 g/mol. The molecule has 0 aliphatic carbocycles. The highest BCUT2D eigenvalue weighted by Crippen LogP contribution is 2.23. The summed E-state index contributed by atoms with van der Waals surface area (Å²) in [6.45, 7) is 9.34. The van der Waals surface area contributed by atoms with Crippen molar-refractivity contribution in [3.05, 3.63) is 24.2 Å². The molecule has 0 amide bonds. The summed E-state index contributed by atoms with van der Waals surface area (Å²) in [7, 11) is -3.06. The van der Waals surface area contributed by atoms with Crippen molar-refractivity contribution in [2.75, 3.05) is 25.4 Å². The summed E-state index contributed by atoms with van der Waals surface area (Å²) in [5.74, 6) is 1.86. The maximum absolute atomic E-state index is 12.2. The average Bonchev–Trinajstić information content (AvgIpc) is 3.02. The van der Waals surface area contributed by atoms with Crippen LogP contribution in [0.3, 0.4) is 0 Å². The van der Waals surface area contributed by atoms with Crippen LogP contribution < -0.4 is 5.32 Å². The van der Waals surface area contributed by atoms with Crippen LogP contribution in [0.25, 0.3) is 0 Å². The molecule has 2 rings (SSSR count). The van der Waals surface area contributed by atoms with Crippen LogP contribution in [-0.4, -0.2) is 55.5 Å². The summed E-state index contributed by atoms with van der Waals surface area (Å²) in [6.07, 6.45) is 3.37. The first-order valence-electron chi connectivity index (χ1n) is 8.56. The van der Waals surface area contributed by atoms with Gasteiger partial charge in [-0.1, -0.05) is 6.92 Å². The van der Waals surface area contributed by atoms with Gasteiger partial charge in [0.15, 0.2) is 15.8 Å². The van der Waals surface area contributed by atoms with Gasteiger partial charge in [0.05, 0.1) is 16.8 Å². The Morgan fingerprint density at radius 2 is 2.25 bits per heavy atom. The molecule has 7 heteroatoms. The van der Waals surface area contributed by atoms with Crippen molar-refractivity contribution >= 4 is 15.8 Å². The molecule has 1 unspecified atom stereocenters. The summed E-state index contributed by atoms with van der Waals surface area (Å²) >= 11 is 0. The molecule has 2 heterocycles. The quantitative estimate of drug-likeness (QED) is 0.646. The highest BCUT2D eigenvalue weighted by molar-refractivity contribution is 7.92. The van der Waals surface area contributed by atoms with Crippen molar-refractivity contribution in [1.82, 2.24) is 10.2 Å². The van der Waals surface area contributed by atoms with Crippen molar-refractivity contribution in [3.63, 3.8) is 0 Å². The van der Waals surface area contributed by atoms with E-state index in [0.29, 0.717) is 19.6 Å². The zero-order chi connectivity index (χ0) is 17.8. The third-order valence-corrected chi connectivity index (χ3v) is 7.06. The van der Waals surface area contributed by atoms with Gasteiger partial charge in [0.25, 0.3) is 0 Å². The highest BCUT2D eigenvalue weighted by Gasteiger charge is 2.41. The number of sulfone groups is 1. The zero-order valence-corrected chi connectivity index (χ0v) is 15.9. The van der Waals surface area contributed by atoms with Gasteiger partial charge in [-0.05, 0) is 39.3 Å². The molecule has 24 heavy (non-hydrogen) atoms. The second-order valence-corrected chi connectivity index (χ2v) is 9.73. The van der Waals surface area contributed by atoms with E-state index in [1.165, 1.54) is 0 Å². The number of furan rings is 1. The number of hydrogen-bond acceptors (Lipinski definition) is 4. The summed E-state index contributed by atoms with van der Waals surface area (Å²) < 4.78 is 29.0. The Bertz CT molecular complexity index is 651. The van der Waals surface area contributed by atoms with Gasteiger partial charge >= 0.3 is 0 Å². The molecule has 1 N–H and O–H groups in total. The second-order valence-electron chi connectivity index (χ2n) is 6.99. The van der Waals surface area contributed by atoms with Gasteiger partial charge in [-0.25, -0.2) is 8.42 Å². The number of nitrogens with one attached hydrogen (secondary N) is 1. The first kappa shape index (κ1) is 18.8. The van der Waals surface area contributed by atoms with E-state index in [9.17, 15) is 8.42 Å². The Morgan fingerprint density at radius 3 is 2.83 bits per heavy atom. The fourth-order valence-corrected chi connectivity index (χ4v) is 3.98. The van der Waals surface area contributed by atoms with E-state index < -0.39 is 14.6 Å².